The van der Waals surface area contributed by atoms with Gasteiger partial charge in [-0.05, 0) is 52.1 Å². The van der Waals surface area contributed by atoms with Gasteiger partial charge in [0.05, 0.1) is 18.6 Å². The first-order chi connectivity index (χ1) is 15.1. The van der Waals surface area contributed by atoms with Crippen molar-refractivity contribution in [2.75, 3.05) is 13.1 Å². The summed E-state index contributed by atoms with van der Waals surface area (Å²) in [6, 6.07) is -4.63. The predicted octanol–water partition coefficient (Wildman–Crippen LogP) is -3.34. The van der Waals surface area contributed by atoms with Crippen LogP contribution < -0.4 is 32.7 Å². The SMILES string of the molecule is CC(O)C(NC(=O)C(CC(N)=O)NC(=O)C1CCCN1)C(=O)NC(CCCCN)C(=O)O. The summed E-state index contributed by atoms with van der Waals surface area (Å²) in [5.41, 5.74) is 10.6. The first-order valence-corrected chi connectivity index (χ1v) is 10.6. The van der Waals surface area contributed by atoms with Crippen molar-refractivity contribution in [2.24, 2.45) is 11.5 Å². The highest BCUT2D eigenvalue weighted by Gasteiger charge is 2.33. The van der Waals surface area contributed by atoms with Crippen LogP contribution in [0.5, 0.6) is 0 Å². The summed E-state index contributed by atoms with van der Waals surface area (Å²) in [5.74, 6) is -4.45. The topological polar surface area (TPSA) is 226 Å². The third kappa shape index (κ3) is 9.16. The van der Waals surface area contributed by atoms with Gasteiger partial charge in [0, 0.05) is 0 Å². The van der Waals surface area contributed by atoms with E-state index < -0.39 is 66.3 Å². The summed E-state index contributed by atoms with van der Waals surface area (Å²) >= 11 is 0. The molecule has 1 aliphatic rings. The lowest BCUT2D eigenvalue weighted by atomic mass is 10.1. The van der Waals surface area contributed by atoms with Crippen LogP contribution in [0.1, 0.15) is 45.4 Å². The highest BCUT2D eigenvalue weighted by atomic mass is 16.4. The molecule has 1 heterocycles. The lowest BCUT2D eigenvalue weighted by Gasteiger charge is -2.26. The Hall–Kier alpha value is -2.77. The molecule has 0 bridgehead atoms. The Balaban J connectivity index is 2.84. The molecular formula is C19H34N6O7. The van der Waals surface area contributed by atoms with Gasteiger partial charge in [-0.25, -0.2) is 4.79 Å². The van der Waals surface area contributed by atoms with Crippen molar-refractivity contribution in [3.05, 3.63) is 0 Å². The first kappa shape index (κ1) is 27.3. The van der Waals surface area contributed by atoms with Crippen molar-refractivity contribution >= 4 is 29.6 Å². The molecule has 1 rings (SSSR count). The van der Waals surface area contributed by atoms with Crippen molar-refractivity contribution in [1.82, 2.24) is 21.3 Å². The number of aliphatic carboxylic acids is 1. The first-order valence-electron chi connectivity index (χ1n) is 10.6. The number of unbranched alkanes of at least 4 members (excludes halogenated alkanes) is 1. The van der Waals surface area contributed by atoms with E-state index in [0.29, 0.717) is 32.4 Å². The quantitative estimate of drug-likeness (QED) is 0.122. The van der Waals surface area contributed by atoms with E-state index in [4.69, 9.17) is 11.5 Å². The molecule has 13 nitrogen and oxygen atoms in total. The van der Waals surface area contributed by atoms with Crippen LogP contribution in [0.25, 0.3) is 0 Å². The maximum atomic E-state index is 12.7. The molecule has 0 spiro atoms. The second-order valence-electron chi connectivity index (χ2n) is 7.79. The number of hydrogen-bond acceptors (Lipinski definition) is 8. The Kier molecular flexibility index (Phi) is 11.6. The fourth-order valence-corrected chi connectivity index (χ4v) is 3.26. The molecule has 0 radical (unpaired) electrons. The summed E-state index contributed by atoms with van der Waals surface area (Å²) in [6.07, 6.45) is 0.588. The number of carboxylic acid groups (broad SMARTS) is 1. The van der Waals surface area contributed by atoms with E-state index in [0.717, 1.165) is 6.42 Å². The normalized spacial score (nSPS) is 19.3. The molecule has 32 heavy (non-hydrogen) atoms. The van der Waals surface area contributed by atoms with Gasteiger partial charge in [0.25, 0.3) is 0 Å². The summed E-state index contributed by atoms with van der Waals surface area (Å²) < 4.78 is 0. The summed E-state index contributed by atoms with van der Waals surface area (Å²) in [6.45, 7) is 2.25. The van der Waals surface area contributed by atoms with Crippen LogP contribution in [0.4, 0.5) is 0 Å². The average Bonchev–Trinajstić information content (AvgIpc) is 3.24. The molecule has 1 fully saturated rings. The van der Waals surface area contributed by atoms with E-state index in [1.54, 1.807) is 0 Å². The van der Waals surface area contributed by atoms with Crippen molar-refractivity contribution < 1.29 is 34.2 Å². The Morgan fingerprint density at radius 3 is 2.25 bits per heavy atom. The number of aliphatic hydroxyl groups is 1. The molecule has 0 saturated carbocycles. The number of amides is 4. The molecule has 13 heteroatoms. The molecule has 0 aliphatic carbocycles. The number of carboxylic acids is 1. The Morgan fingerprint density at radius 2 is 1.75 bits per heavy atom. The average molecular weight is 459 g/mol. The van der Waals surface area contributed by atoms with Gasteiger partial charge in [0.2, 0.25) is 23.6 Å². The number of hydrogen-bond donors (Lipinski definition) is 8. The molecule has 5 atom stereocenters. The molecule has 4 amide bonds. The zero-order chi connectivity index (χ0) is 24.3. The number of nitrogens with one attached hydrogen (secondary N) is 4. The molecule has 0 aromatic rings. The van der Waals surface area contributed by atoms with Crippen molar-refractivity contribution in [3.63, 3.8) is 0 Å². The van der Waals surface area contributed by atoms with E-state index in [2.05, 4.69) is 21.3 Å². The summed E-state index contributed by atoms with van der Waals surface area (Å²) in [4.78, 5) is 60.4. The number of carbonyl (C=O) groups excluding carboxylic acids is 4. The minimum absolute atomic E-state index is 0.119. The minimum Gasteiger partial charge on any atom is -0.480 e. The van der Waals surface area contributed by atoms with Gasteiger partial charge < -0.3 is 42.9 Å². The van der Waals surface area contributed by atoms with Crippen LogP contribution in [-0.4, -0.2) is 83.2 Å². The highest BCUT2D eigenvalue weighted by Crippen LogP contribution is 2.07. The largest absolute Gasteiger partial charge is 0.480 e. The van der Waals surface area contributed by atoms with Gasteiger partial charge in [-0.3, -0.25) is 19.2 Å². The number of primary amides is 1. The van der Waals surface area contributed by atoms with Crippen LogP contribution in [-0.2, 0) is 24.0 Å². The minimum atomic E-state index is -1.52. The third-order valence-corrected chi connectivity index (χ3v) is 5.04. The van der Waals surface area contributed by atoms with Crippen molar-refractivity contribution in [2.45, 2.75) is 75.7 Å². The second kappa shape index (κ2) is 13.6. The van der Waals surface area contributed by atoms with Crippen LogP contribution in [0.15, 0.2) is 0 Å². The lowest BCUT2D eigenvalue weighted by Crippen LogP contribution is -2.60. The Bertz CT molecular complexity index is 681. The number of nitrogens with two attached hydrogens (primary N) is 2. The van der Waals surface area contributed by atoms with Gasteiger partial charge in [-0.2, -0.15) is 0 Å². The standard InChI is InChI=1S/C19H34N6O7/c1-10(26)15(18(30)23-12(19(31)32)5-2-3-7-20)25-17(29)13(9-14(21)27)24-16(28)11-6-4-8-22-11/h10-13,15,22,26H,2-9,20H2,1H3,(H2,21,27)(H,23,30)(H,24,28)(H,25,29)(H,31,32). The zero-order valence-electron chi connectivity index (χ0n) is 18.1. The second-order valence-corrected chi connectivity index (χ2v) is 7.79. The van der Waals surface area contributed by atoms with Crippen LogP contribution in [0.2, 0.25) is 0 Å². The monoisotopic (exact) mass is 458 g/mol. The van der Waals surface area contributed by atoms with Crippen LogP contribution >= 0.6 is 0 Å². The lowest BCUT2D eigenvalue weighted by molar-refractivity contribution is -0.143. The summed E-state index contributed by atoms with van der Waals surface area (Å²) in [7, 11) is 0. The number of rotatable bonds is 14. The fourth-order valence-electron chi connectivity index (χ4n) is 3.26. The molecule has 1 aliphatic heterocycles. The molecule has 182 valence electrons. The van der Waals surface area contributed by atoms with E-state index in [-0.39, 0.29) is 6.42 Å². The maximum Gasteiger partial charge on any atom is 0.326 e. The maximum absolute atomic E-state index is 12.7. The van der Waals surface area contributed by atoms with Gasteiger partial charge in [-0.15, -0.1) is 0 Å². The fraction of sp³-hybridized carbons (Fsp3) is 0.737. The van der Waals surface area contributed by atoms with E-state index >= 15 is 0 Å². The van der Waals surface area contributed by atoms with Gasteiger partial charge in [-0.1, -0.05) is 0 Å². The number of aliphatic hydroxyl groups excluding tert-OH is 1. The number of carbonyl (C=O) groups is 5. The smallest absolute Gasteiger partial charge is 0.326 e. The Morgan fingerprint density at radius 1 is 1.06 bits per heavy atom. The highest BCUT2D eigenvalue weighted by molar-refractivity contribution is 5.96. The van der Waals surface area contributed by atoms with Crippen LogP contribution in [0.3, 0.4) is 0 Å². The summed E-state index contributed by atoms with van der Waals surface area (Å²) in [5, 5.41) is 29.2. The van der Waals surface area contributed by atoms with E-state index in [9.17, 15) is 34.2 Å². The predicted molar refractivity (Wildman–Crippen MR) is 113 cm³/mol. The molecule has 0 aromatic heterocycles. The zero-order valence-corrected chi connectivity index (χ0v) is 18.1. The molecule has 1 saturated heterocycles. The molecular weight excluding hydrogens is 424 g/mol. The van der Waals surface area contributed by atoms with Crippen molar-refractivity contribution in [1.29, 1.82) is 0 Å². The van der Waals surface area contributed by atoms with E-state index in [1.165, 1.54) is 6.92 Å². The molecule has 10 N–H and O–H groups in total. The van der Waals surface area contributed by atoms with Crippen molar-refractivity contribution in [3.8, 4) is 0 Å². The molecule has 5 unspecified atom stereocenters. The van der Waals surface area contributed by atoms with Gasteiger partial charge >= 0.3 is 5.97 Å². The molecule has 0 aromatic carbocycles. The van der Waals surface area contributed by atoms with E-state index in [1.807, 2.05) is 0 Å². The van der Waals surface area contributed by atoms with Gasteiger partial charge in [0.15, 0.2) is 0 Å². The van der Waals surface area contributed by atoms with Gasteiger partial charge in [0.1, 0.15) is 18.1 Å². The van der Waals surface area contributed by atoms with Crippen LogP contribution in [0, 0.1) is 0 Å². The third-order valence-electron chi connectivity index (χ3n) is 5.04. The Labute approximate surface area is 186 Å².